The lowest BCUT2D eigenvalue weighted by Gasteiger charge is -2.29. The number of H-pyrrole nitrogens is 1. The van der Waals surface area contributed by atoms with E-state index in [9.17, 15) is 14.0 Å². The van der Waals surface area contributed by atoms with Gasteiger partial charge in [-0.3, -0.25) is 14.5 Å². The van der Waals surface area contributed by atoms with Gasteiger partial charge in [0.2, 0.25) is 0 Å². The molecule has 6 nitrogen and oxygen atoms in total. The SMILES string of the molecule is Cc1ccc(C(=O)N2CCC[C@@H]2c2nc3c(c(=O)[nH]2)CCN(Cc2ccccc2F)C3)cc1. The lowest BCUT2D eigenvalue weighted by molar-refractivity contribution is 0.0729. The van der Waals surface area contributed by atoms with Crippen molar-refractivity contribution in [2.24, 2.45) is 0 Å². The molecule has 1 fully saturated rings. The number of aromatic amines is 1. The average Bonchev–Trinajstić information content (AvgIpc) is 3.30. The molecule has 1 saturated heterocycles. The molecule has 3 aromatic rings. The maximum atomic E-state index is 14.1. The number of nitrogens with zero attached hydrogens (tertiary/aromatic N) is 3. The molecule has 1 amide bonds. The summed E-state index contributed by atoms with van der Waals surface area (Å²) in [6.45, 7) is 4.26. The maximum absolute atomic E-state index is 14.1. The summed E-state index contributed by atoms with van der Waals surface area (Å²) < 4.78 is 14.1. The first-order valence-corrected chi connectivity index (χ1v) is 11.4. The van der Waals surface area contributed by atoms with Crippen LogP contribution in [0, 0.1) is 12.7 Å². The summed E-state index contributed by atoms with van der Waals surface area (Å²) in [5.41, 5.74) is 3.67. The maximum Gasteiger partial charge on any atom is 0.254 e. The van der Waals surface area contributed by atoms with Crippen LogP contribution in [0.2, 0.25) is 0 Å². The molecule has 1 N–H and O–H groups in total. The van der Waals surface area contributed by atoms with Crippen LogP contribution in [0.4, 0.5) is 4.39 Å². The molecular weight excluding hydrogens is 419 g/mol. The highest BCUT2D eigenvalue weighted by molar-refractivity contribution is 5.94. The first-order chi connectivity index (χ1) is 16.0. The highest BCUT2D eigenvalue weighted by Crippen LogP contribution is 2.31. The third-order valence-corrected chi connectivity index (χ3v) is 6.65. The number of halogens is 1. The summed E-state index contributed by atoms with van der Waals surface area (Å²) in [6.07, 6.45) is 2.20. The molecule has 0 spiro atoms. The lowest BCUT2D eigenvalue weighted by Crippen LogP contribution is -2.37. The zero-order chi connectivity index (χ0) is 22.9. The number of likely N-dealkylation sites (tertiary alicyclic amines) is 1. The molecule has 170 valence electrons. The van der Waals surface area contributed by atoms with Gasteiger partial charge in [-0.15, -0.1) is 0 Å². The summed E-state index contributed by atoms with van der Waals surface area (Å²) in [5, 5.41) is 0. The van der Waals surface area contributed by atoms with Crippen molar-refractivity contribution in [3.05, 3.63) is 98.5 Å². The van der Waals surface area contributed by atoms with Crippen molar-refractivity contribution in [3.63, 3.8) is 0 Å². The van der Waals surface area contributed by atoms with Crippen molar-refractivity contribution in [1.82, 2.24) is 19.8 Å². The Morgan fingerprint density at radius 1 is 1.15 bits per heavy atom. The minimum Gasteiger partial charge on any atom is -0.328 e. The van der Waals surface area contributed by atoms with Gasteiger partial charge in [0, 0.05) is 42.9 Å². The van der Waals surface area contributed by atoms with Gasteiger partial charge < -0.3 is 9.88 Å². The third kappa shape index (κ3) is 4.33. The van der Waals surface area contributed by atoms with E-state index in [4.69, 9.17) is 4.98 Å². The Balaban J connectivity index is 1.39. The summed E-state index contributed by atoms with van der Waals surface area (Å²) in [4.78, 5) is 37.7. The Morgan fingerprint density at radius 3 is 2.73 bits per heavy atom. The van der Waals surface area contributed by atoms with Crippen LogP contribution in [0.5, 0.6) is 0 Å². The molecule has 1 atom stereocenters. The van der Waals surface area contributed by atoms with Gasteiger partial charge >= 0.3 is 0 Å². The van der Waals surface area contributed by atoms with Crippen LogP contribution >= 0.6 is 0 Å². The predicted octanol–water partition coefficient (Wildman–Crippen LogP) is 3.75. The minimum absolute atomic E-state index is 0.0425. The van der Waals surface area contributed by atoms with Crippen molar-refractivity contribution < 1.29 is 9.18 Å². The zero-order valence-corrected chi connectivity index (χ0v) is 18.7. The summed E-state index contributed by atoms with van der Waals surface area (Å²) in [5.74, 6) is 0.280. The number of nitrogens with one attached hydrogen (secondary N) is 1. The topological polar surface area (TPSA) is 69.3 Å². The molecule has 2 aliphatic rings. The van der Waals surface area contributed by atoms with Crippen LogP contribution in [0.1, 0.15) is 57.5 Å². The molecule has 33 heavy (non-hydrogen) atoms. The second-order valence-electron chi connectivity index (χ2n) is 8.95. The van der Waals surface area contributed by atoms with E-state index in [0.717, 1.165) is 24.1 Å². The van der Waals surface area contributed by atoms with Crippen LogP contribution in [0.3, 0.4) is 0 Å². The van der Waals surface area contributed by atoms with E-state index in [1.54, 1.807) is 12.1 Å². The van der Waals surface area contributed by atoms with E-state index >= 15 is 0 Å². The number of carbonyl (C=O) groups excluding carboxylic acids is 1. The van der Waals surface area contributed by atoms with Gasteiger partial charge in [-0.25, -0.2) is 9.37 Å². The van der Waals surface area contributed by atoms with Crippen molar-refractivity contribution in [2.75, 3.05) is 13.1 Å². The first kappa shape index (κ1) is 21.5. The number of rotatable bonds is 4. The van der Waals surface area contributed by atoms with Crippen molar-refractivity contribution in [1.29, 1.82) is 0 Å². The van der Waals surface area contributed by atoms with Gasteiger partial charge in [-0.1, -0.05) is 35.9 Å². The molecule has 2 aromatic carbocycles. The van der Waals surface area contributed by atoms with E-state index in [1.807, 2.05) is 42.2 Å². The number of amides is 1. The molecule has 0 saturated carbocycles. The molecule has 7 heteroatoms. The second-order valence-corrected chi connectivity index (χ2v) is 8.95. The molecule has 5 rings (SSSR count). The van der Waals surface area contributed by atoms with Crippen molar-refractivity contribution in [3.8, 4) is 0 Å². The first-order valence-electron chi connectivity index (χ1n) is 11.4. The third-order valence-electron chi connectivity index (χ3n) is 6.65. The van der Waals surface area contributed by atoms with Gasteiger partial charge in [-0.05, 0) is 44.4 Å². The molecule has 0 bridgehead atoms. The average molecular weight is 447 g/mol. The standard InChI is InChI=1S/C26H27FN4O2/c1-17-8-10-18(11-9-17)26(33)31-13-4-7-23(31)24-28-22-16-30(14-12-20(22)25(32)29-24)15-19-5-2-3-6-21(19)27/h2-3,5-6,8-11,23H,4,7,12-16H2,1H3,(H,28,29,32)/t23-/m1/s1. The summed E-state index contributed by atoms with van der Waals surface area (Å²) in [7, 11) is 0. The van der Waals surface area contributed by atoms with Crippen LogP contribution in [-0.4, -0.2) is 38.8 Å². The van der Waals surface area contributed by atoms with E-state index in [0.29, 0.717) is 55.1 Å². The molecule has 0 aliphatic carbocycles. The van der Waals surface area contributed by atoms with E-state index in [2.05, 4.69) is 9.88 Å². The zero-order valence-electron chi connectivity index (χ0n) is 18.7. The van der Waals surface area contributed by atoms with Gasteiger partial charge in [0.15, 0.2) is 0 Å². The van der Waals surface area contributed by atoms with Crippen LogP contribution in [-0.2, 0) is 19.5 Å². The number of carbonyl (C=O) groups is 1. The van der Waals surface area contributed by atoms with Crippen LogP contribution in [0.25, 0.3) is 0 Å². The van der Waals surface area contributed by atoms with Crippen molar-refractivity contribution in [2.45, 2.75) is 45.3 Å². The predicted molar refractivity (Wildman–Crippen MR) is 123 cm³/mol. The number of hydrogen-bond donors (Lipinski definition) is 1. The molecular formula is C26H27FN4O2. The fourth-order valence-electron chi connectivity index (χ4n) is 4.83. The smallest absolute Gasteiger partial charge is 0.254 e. The van der Waals surface area contributed by atoms with E-state index < -0.39 is 0 Å². The Morgan fingerprint density at radius 2 is 1.94 bits per heavy atom. The number of aryl methyl sites for hydroxylation is 1. The Hall–Kier alpha value is -3.32. The van der Waals surface area contributed by atoms with Crippen LogP contribution < -0.4 is 5.56 Å². The fraction of sp³-hybridized carbons (Fsp3) is 0.346. The number of aromatic nitrogens is 2. The highest BCUT2D eigenvalue weighted by Gasteiger charge is 2.33. The molecule has 3 heterocycles. The number of hydrogen-bond acceptors (Lipinski definition) is 4. The van der Waals surface area contributed by atoms with Crippen LogP contribution in [0.15, 0.2) is 53.3 Å². The summed E-state index contributed by atoms with van der Waals surface area (Å²) in [6, 6.07) is 14.1. The normalized spacial score (nSPS) is 18.4. The lowest BCUT2D eigenvalue weighted by atomic mass is 10.0. The largest absolute Gasteiger partial charge is 0.328 e. The van der Waals surface area contributed by atoms with Gasteiger partial charge in [-0.2, -0.15) is 0 Å². The number of fused-ring (bicyclic) bond motifs is 1. The molecule has 1 aromatic heterocycles. The molecule has 0 radical (unpaired) electrons. The fourth-order valence-corrected chi connectivity index (χ4v) is 4.83. The van der Waals surface area contributed by atoms with Crippen molar-refractivity contribution >= 4 is 5.91 Å². The quantitative estimate of drug-likeness (QED) is 0.663. The minimum atomic E-state index is -0.251. The summed E-state index contributed by atoms with van der Waals surface area (Å²) >= 11 is 0. The van der Waals surface area contributed by atoms with Gasteiger partial charge in [0.1, 0.15) is 11.6 Å². The molecule has 2 aliphatic heterocycles. The monoisotopic (exact) mass is 446 g/mol. The van der Waals surface area contributed by atoms with Gasteiger partial charge in [0.25, 0.3) is 11.5 Å². The number of benzene rings is 2. The molecule has 0 unspecified atom stereocenters. The van der Waals surface area contributed by atoms with E-state index in [1.165, 1.54) is 6.07 Å². The Labute approximate surface area is 192 Å². The van der Waals surface area contributed by atoms with E-state index in [-0.39, 0.29) is 23.3 Å². The Bertz CT molecular complexity index is 1240. The Kier molecular flexibility index (Phi) is 5.81. The van der Waals surface area contributed by atoms with Gasteiger partial charge in [0.05, 0.1) is 11.7 Å². The second kappa shape index (κ2) is 8.90. The highest BCUT2D eigenvalue weighted by atomic mass is 19.1.